The number of amides is 1. The minimum absolute atomic E-state index is 0.0571. The van der Waals surface area contributed by atoms with Crippen LogP contribution >= 0.6 is 0 Å². The molecule has 8 nitrogen and oxygen atoms in total. The Morgan fingerprint density at radius 3 is 2.52 bits per heavy atom. The van der Waals surface area contributed by atoms with Crippen molar-refractivity contribution < 1.29 is 24.4 Å². The summed E-state index contributed by atoms with van der Waals surface area (Å²) in [4.78, 5) is 35.1. The molecule has 0 aliphatic heterocycles. The molecule has 0 saturated carbocycles. The van der Waals surface area contributed by atoms with Crippen LogP contribution in [0.1, 0.15) is 37.6 Å². The molecule has 0 radical (unpaired) electrons. The summed E-state index contributed by atoms with van der Waals surface area (Å²) in [6.45, 7) is 5.04. The molecule has 1 N–H and O–H groups in total. The number of carboxylic acids is 1. The highest BCUT2D eigenvalue weighted by molar-refractivity contribution is 5.97. The summed E-state index contributed by atoms with van der Waals surface area (Å²) >= 11 is 0. The number of carbonyl (C=O) groups excluding carboxylic acids is 1. The summed E-state index contributed by atoms with van der Waals surface area (Å²) in [5.41, 5.74) is -0.265. The molecule has 1 aromatic rings. The fourth-order valence-corrected chi connectivity index (χ4v) is 2.03. The van der Waals surface area contributed by atoms with Gasteiger partial charge in [-0.2, -0.15) is 0 Å². The minimum atomic E-state index is -1.14. The third-order valence-corrected chi connectivity index (χ3v) is 3.39. The van der Waals surface area contributed by atoms with E-state index in [0.29, 0.717) is 6.42 Å². The van der Waals surface area contributed by atoms with Crippen molar-refractivity contribution >= 4 is 17.6 Å². The Kier molecular flexibility index (Phi) is 6.49. The molecule has 0 aliphatic rings. The number of nitro groups is 1. The number of carbonyl (C=O) groups is 2. The van der Waals surface area contributed by atoms with E-state index < -0.39 is 23.3 Å². The van der Waals surface area contributed by atoms with Gasteiger partial charge in [0.05, 0.1) is 11.5 Å². The van der Waals surface area contributed by atoms with Crippen LogP contribution in [0.2, 0.25) is 0 Å². The van der Waals surface area contributed by atoms with E-state index in [9.17, 15) is 19.7 Å². The quantitative estimate of drug-likeness (QED) is 0.580. The molecule has 0 fully saturated rings. The lowest BCUT2D eigenvalue weighted by atomic mass is 10.1. The lowest BCUT2D eigenvalue weighted by Gasteiger charge is -2.27. The van der Waals surface area contributed by atoms with Crippen LogP contribution in [0.15, 0.2) is 18.2 Å². The summed E-state index contributed by atoms with van der Waals surface area (Å²) < 4.78 is 5.17. The van der Waals surface area contributed by atoms with Gasteiger partial charge in [-0.05, 0) is 32.4 Å². The molecular weight excluding hydrogens is 304 g/mol. The molecule has 1 aromatic carbocycles. The van der Waals surface area contributed by atoms with Gasteiger partial charge in [0.2, 0.25) is 0 Å². The normalized spacial score (nSPS) is 11.6. The number of aliphatic carboxylic acids is 1. The van der Waals surface area contributed by atoms with E-state index in [1.165, 1.54) is 17.0 Å². The number of carboxylic acid groups (broad SMARTS) is 1. The second kappa shape index (κ2) is 8.11. The van der Waals surface area contributed by atoms with Gasteiger partial charge in [-0.1, -0.05) is 6.92 Å². The van der Waals surface area contributed by atoms with Gasteiger partial charge in [-0.3, -0.25) is 19.7 Å². The van der Waals surface area contributed by atoms with Crippen LogP contribution in [-0.4, -0.2) is 46.0 Å². The maximum Gasteiger partial charge on any atom is 0.323 e. The van der Waals surface area contributed by atoms with E-state index in [1.807, 2.05) is 6.92 Å². The molecule has 1 amide bonds. The molecule has 23 heavy (non-hydrogen) atoms. The van der Waals surface area contributed by atoms with Gasteiger partial charge in [-0.15, -0.1) is 0 Å². The van der Waals surface area contributed by atoms with Crippen LogP contribution in [-0.2, 0) is 4.79 Å². The zero-order valence-electron chi connectivity index (χ0n) is 13.3. The third kappa shape index (κ3) is 4.67. The molecule has 126 valence electrons. The second-order valence-corrected chi connectivity index (χ2v) is 4.96. The van der Waals surface area contributed by atoms with Crippen molar-refractivity contribution in [3.63, 3.8) is 0 Å². The van der Waals surface area contributed by atoms with Gasteiger partial charge >= 0.3 is 11.7 Å². The highest BCUT2D eigenvalue weighted by Gasteiger charge is 2.25. The van der Waals surface area contributed by atoms with Crippen LogP contribution in [0.4, 0.5) is 5.69 Å². The van der Waals surface area contributed by atoms with E-state index >= 15 is 0 Å². The first kappa shape index (κ1) is 18.4. The summed E-state index contributed by atoms with van der Waals surface area (Å²) in [5, 5.41) is 20.1. The third-order valence-electron chi connectivity index (χ3n) is 3.39. The molecule has 0 aromatic heterocycles. The lowest BCUT2D eigenvalue weighted by molar-refractivity contribution is -0.385. The lowest BCUT2D eigenvalue weighted by Crippen LogP contribution is -2.41. The van der Waals surface area contributed by atoms with Gasteiger partial charge in [0.25, 0.3) is 5.91 Å². The molecule has 0 spiro atoms. The standard InChI is InChI=1S/C15H20N2O6/c1-4-10(3)16(9-14(18)19)15(20)11-6-7-13(23-5-2)12(8-11)17(21)22/h6-8,10H,4-5,9H2,1-3H3,(H,18,19). The van der Waals surface area contributed by atoms with Crippen molar-refractivity contribution in [2.75, 3.05) is 13.2 Å². The molecule has 1 rings (SSSR count). The number of ether oxygens (including phenoxy) is 1. The Morgan fingerprint density at radius 2 is 2.04 bits per heavy atom. The smallest absolute Gasteiger partial charge is 0.323 e. The molecule has 0 heterocycles. The number of hydrogen-bond donors (Lipinski definition) is 1. The summed E-state index contributed by atoms with van der Waals surface area (Å²) in [7, 11) is 0. The molecule has 8 heteroatoms. The van der Waals surface area contributed by atoms with Gasteiger partial charge in [-0.25, -0.2) is 0 Å². The molecule has 1 atom stereocenters. The zero-order chi connectivity index (χ0) is 17.6. The Hall–Kier alpha value is -2.64. The number of nitro benzene ring substituents is 1. The monoisotopic (exact) mass is 324 g/mol. The SMILES string of the molecule is CCOc1ccc(C(=O)N(CC(=O)O)C(C)CC)cc1[N+](=O)[O-]. The average Bonchev–Trinajstić information content (AvgIpc) is 2.51. The van der Waals surface area contributed by atoms with Crippen LogP contribution in [0.25, 0.3) is 0 Å². The maximum atomic E-state index is 12.5. The first-order valence-electron chi connectivity index (χ1n) is 7.25. The Labute approximate surface area is 133 Å². The zero-order valence-corrected chi connectivity index (χ0v) is 13.3. The topological polar surface area (TPSA) is 110 Å². The van der Waals surface area contributed by atoms with E-state index in [-0.39, 0.29) is 29.6 Å². The first-order chi connectivity index (χ1) is 10.8. The van der Waals surface area contributed by atoms with E-state index in [2.05, 4.69) is 0 Å². The predicted octanol–water partition coefficient (Wildman–Crippen LogP) is 2.32. The Morgan fingerprint density at radius 1 is 1.39 bits per heavy atom. The highest BCUT2D eigenvalue weighted by atomic mass is 16.6. The van der Waals surface area contributed by atoms with E-state index in [0.717, 1.165) is 6.07 Å². The number of hydrogen-bond acceptors (Lipinski definition) is 5. The van der Waals surface area contributed by atoms with Gasteiger partial charge < -0.3 is 14.7 Å². The van der Waals surface area contributed by atoms with Gasteiger partial charge in [0, 0.05) is 17.7 Å². The maximum absolute atomic E-state index is 12.5. The van der Waals surface area contributed by atoms with Crippen LogP contribution in [0, 0.1) is 10.1 Å². The molecule has 0 saturated heterocycles. The highest BCUT2D eigenvalue weighted by Crippen LogP contribution is 2.28. The van der Waals surface area contributed by atoms with E-state index in [1.54, 1.807) is 13.8 Å². The Bertz CT molecular complexity index is 602. The van der Waals surface area contributed by atoms with Crippen LogP contribution < -0.4 is 4.74 Å². The van der Waals surface area contributed by atoms with Crippen LogP contribution in [0.3, 0.4) is 0 Å². The summed E-state index contributed by atoms with van der Waals surface area (Å²) in [5.74, 6) is -1.63. The van der Waals surface area contributed by atoms with Crippen molar-refractivity contribution in [2.45, 2.75) is 33.2 Å². The van der Waals surface area contributed by atoms with Gasteiger partial charge in [0.1, 0.15) is 6.54 Å². The van der Waals surface area contributed by atoms with Crippen molar-refractivity contribution in [3.8, 4) is 5.75 Å². The van der Waals surface area contributed by atoms with Gasteiger partial charge in [0.15, 0.2) is 5.75 Å². The number of rotatable bonds is 8. The van der Waals surface area contributed by atoms with Crippen LogP contribution in [0.5, 0.6) is 5.75 Å². The molecule has 0 bridgehead atoms. The first-order valence-corrected chi connectivity index (χ1v) is 7.25. The summed E-state index contributed by atoms with van der Waals surface area (Å²) in [6, 6.07) is 3.57. The van der Waals surface area contributed by atoms with Crippen molar-refractivity contribution in [1.82, 2.24) is 4.90 Å². The molecular formula is C15H20N2O6. The predicted molar refractivity (Wildman–Crippen MR) is 82.7 cm³/mol. The number of nitrogens with zero attached hydrogens (tertiary/aromatic N) is 2. The molecule has 0 aliphatic carbocycles. The van der Waals surface area contributed by atoms with Crippen molar-refractivity contribution in [3.05, 3.63) is 33.9 Å². The molecule has 1 unspecified atom stereocenters. The fourth-order valence-electron chi connectivity index (χ4n) is 2.03. The largest absolute Gasteiger partial charge is 0.487 e. The second-order valence-electron chi connectivity index (χ2n) is 4.96. The average molecular weight is 324 g/mol. The van der Waals surface area contributed by atoms with E-state index in [4.69, 9.17) is 9.84 Å². The minimum Gasteiger partial charge on any atom is -0.487 e. The van der Waals surface area contributed by atoms with Crippen molar-refractivity contribution in [1.29, 1.82) is 0 Å². The number of benzene rings is 1. The summed E-state index contributed by atoms with van der Waals surface area (Å²) in [6.07, 6.45) is 0.568. The van der Waals surface area contributed by atoms with Crippen molar-refractivity contribution in [2.24, 2.45) is 0 Å². The fraction of sp³-hybridized carbons (Fsp3) is 0.467. The Balaban J connectivity index is 3.21.